The Labute approximate surface area is 128 Å². The molecule has 0 atom stereocenters. The monoisotopic (exact) mass is 304 g/mol. The van der Waals surface area contributed by atoms with E-state index in [0.717, 1.165) is 11.1 Å². The van der Waals surface area contributed by atoms with Crippen LogP contribution in [-0.4, -0.2) is 13.0 Å². The van der Waals surface area contributed by atoms with Gasteiger partial charge < -0.3 is 15.8 Å². The highest BCUT2D eigenvalue weighted by Gasteiger charge is 2.05. The van der Waals surface area contributed by atoms with E-state index < -0.39 is 5.91 Å². The lowest BCUT2D eigenvalue weighted by atomic mass is 10.1. The topological polar surface area (TPSA) is 64.3 Å². The molecule has 0 aliphatic rings. The quantitative estimate of drug-likeness (QED) is 0.861. The third kappa shape index (κ3) is 4.21. The summed E-state index contributed by atoms with van der Waals surface area (Å²) in [6.45, 7) is 1.20. The number of hydrogen-bond donors (Lipinski definition) is 2. The minimum atomic E-state index is -0.473. The van der Waals surface area contributed by atoms with E-state index >= 15 is 0 Å². The van der Waals surface area contributed by atoms with Crippen LogP contribution in [0.1, 0.15) is 21.5 Å². The van der Waals surface area contributed by atoms with E-state index in [-0.39, 0.29) is 0 Å². The van der Waals surface area contributed by atoms with Gasteiger partial charge in [-0.05, 0) is 29.3 Å². The number of carbonyl (C=O) groups excluding carboxylic acids is 1. The summed E-state index contributed by atoms with van der Waals surface area (Å²) in [5.41, 5.74) is 8.61. The first-order valence-corrected chi connectivity index (χ1v) is 6.88. The van der Waals surface area contributed by atoms with Crippen LogP contribution in [-0.2, 0) is 17.9 Å². The minimum Gasteiger partial charge on any atom is -0.380 e. The highest BCUT2D eigenvalue weighted by molar-refractivity contribution is 6.33. The lowest BCUT2D eigenvalue weighted by Crippen LogP contribution is -2.11. The first-order chi connectivity index (χ1) is 10.1. The van der Waals surface area contributed by atoms with Crippen molar-refractivity contribution in [1.82, 2.24) is 0 Å². The molecular formula is C16H17ClN2O2. The van der Waals surface area contributed by atoms with Gasteiger partial charge >= 0.3 is 0 Å². The molecule has 0 bridgehead atoms. The van der Waals surface area contributed by atoms with Gasteiger partial charge in [0.2, 0.25) is 5.91 Å². The predicted octanol–water partition coefficient (Wildman–Crippen LogP) is 3.20. The highest BCUT2D eigenvalue weighted by Crippen LogP contribution is 2.23. The zero-order chi connectivity index (χ0) is 15.2. The van der Waals surface area contributed by atoms with Crippen molar-refractivity contribution in [2.75, 3.05) is 12.4 Å². The lowest BCUT2D eigenvalue weighted by molar-refractivity contribution is 0.100. The Morgan fingerprint density at radius 2 is 1.86 bits per heavy atom. The second-order valence-electron chi connectivity index (χ2n) is 4.66. The number of benzene rings is 2. The van der Waals surface area contributed by atoms with Gasteiger partial charge in [0.1, 0.15) is 0 Å². The number of rotatable bonds is 6. The van der Waals surface area contributed by atoms with Crippen LogP contribution < -0.4 is 11.1 Å². The fourth-order valence-corrected chi connectivity index (χ4v) is 2.12. The second kappa shape index (κ2) is 7.11. The van der Waals surface area contributed by atoms with E-state index in [0.29, 0.717) is 29.4 Å². The molecule has 2 rings (SSSR count). The second-order valence-corrected chi connectivity index (χ2v) is 5.07. The van der Waals surface area contributed by atoms with E-state index in [4.69, 9.17) is 22.1 Å². The third-order valence-electron chi connectivity index (χ3n) is 3.07. The number of ether oxygens (including phenoxy) is 1. The zero-order valence-electron chi connectivity index (χ0n) is 11.7. The van der Waals surface area contributed by atoms with Gasteiger partial charge in [0.05, 0.1) is 17.3 Å². The maximum absolute atomic E-state index is 11.2. The average Bonchev–Trinajstić information content (AvgIpc) is 2.48. The maximum atomic E-state index is 11.2. The first-order valence-electron chi connectivity index (χ1n) is 6.50. The number of nitrogens with two attached hydrogens (primary N) is 1. The molecule has 2 aromatic carbocycles. The maximum Gasteiger partial charge on any atom is 0.248 e. The summed E-state index contributed by atoms with van der Waals surface area (Å²) in [5.74, 6) is -0.473. The smallest absolute Gasteiger partial charge is 0.248 e. The van der Waals surface area contributed by atoms with Gasteiger partial charge in [-0.1, -0.05) is 35.9 Å². The molecule has 21 heavy (non-hydrogen) atoms. The number of carbonyl (C=O) groups is 1. The summed E-state index contributed by atoms with van der Waals surface area (Å²) in [7, 11) is 1.67. The van der Waals surface area contributed by atoms with Gasteiger partial charge in [0, 0.05) is 19.2 Å². The normalized spacial score (nSPS) is 10.4. The standard InChI is InChI=1S/C16H17ClN2O2/c1-21-10-12-4-2-11(3-5-12)9-19-15-8-13(16(18)20)6-7-14(15)17/h2-8,19H,9-10H2,1H3,(H2,18,20). The van der Waals surface area contributed by atoms with Crippen molar-refractivity contribution in [1.29, 1.82) is 0 Å². The number of anilines is 1. The summed E-state index contributed by atoms with van der Waals surface area (Å²) in [4.78, 5) is 11.2. The molecule has 0 fully saturated rings. The summed E-state index contributed by atoms with van der Waals surface area (Å²) >= 11 is 6.10. The molecule has 0 heterocycles. The Bertz CT molecular complexity index is 627. The number of methoxy groups -OCH3 is 1. The van der Waals surface area contributed by atoms with Crippen LogP contribution in [0.2, 0.25) is 5.02 Å². The van der Waals surface area contributed by atoms with E-state index in [1.807, 2.05) is 24.3 Å². The number of halogens is 1. The Balaban J connectivity index is 2.05. The minimum absolute atomic E-state index is 0.428. The zero-order valence-corrected chi connectivity index (χ0v) is 12.5. The summed E-state index contributed by atoms with van der Waals surface area (Å²) in [5, 5.41) is 3.76. The Kier molecular flexibility index (Phi) is 5.20. The Morgan fingerprint density at radius 3 is 2.48 bits per heavy atom. The van der Waals surface area contributed by atoms with Gasteiger partial charge in [-0.25, -0.2) is 0 Å². The van der Waals surface area contributed by atoms with Crippen LogP contribution in [0.25, 0.3) is 0 Å². The summed E-state index contributed by atoms with van der Waals surface area (Å²) in [6.07, 6.45) is 0. The summed E-state index contributed by atoms with van der Waals surface area (Å²) < 4.78 is 5.07. The van der Waals surface area contributed by atoms with E-state index in [9.17, 15) is 4.79 Å². The molecule has 0 spiro atoms. The van der Waals surface area contributed by atoms with Crippen molar-refractivity contribution < 1.29 is 9.53 Å². The number of amides is 1. The Hall–Kier alpha value is -2.04. The number of primary amides is 1. The first kappa shape index (κ1) is 15.4. The molecule has 5 heteroatoms. The molecule has 0 radical (unpaired) electrons. The number of hydrogen-bond acceptors (Lipinski definition) is 3. The van der Waals surface area contributed by atoms with Crippen molar-refractivity contribution >= 4 is 23.2 Å². The fraction of sp³-hybridized carbons (Fsp3) is 0.188. The van der Waals surface area contributed by atoms with Crippen molar-refractivity contribution in [2.24, 2.45) is 5.73 Å². The van der Waals surface area contributed by atoms with Crippen LogP contribution in [0.15, 0.2) is 42.5 Å². The SMILES string of the molecule is COCc1ccc(CNc2cc(C(N)=O)ccc2Cl)cc1. The molecule has 0 aliphatic carbocycles. The molecule has 0 aromatic heterocycles. The van der Waals surface area contributed by atoms with Gasteiger partial charge in [-0.3, -0.25) is 4.79 Å². The summed E-state index contributed by atoms with van der Waals surface area (Å²) in [6, 6.07) is 13.0. The van der Waals surface area contributed by atoms with E-state index in [1.165, 1.54) is 0 Å². The van der Waals surface area contributed by atoms with Crippen molar-refractivity contribution in [3.05, 3.63) is 64.2 Å². The van der Waals surface area contributed by atoms with E-state index in [2.05, 4.69) is 5.32 Å². The van der Waals surface area contributed by atoms with Crippen LogP contribution in [0.5, 0.6) is 0 Å². The average molecular weight is 305 g/mol. The largest absolute Gasteiger partial charge is 0.380 e. The van der Waals surface area contributed by atoms with Crippen LogP contribution in [0, 0.1) is 0 Å². The molecule has 2 aromatic rings. The molecule has 0 saturated carbocycles. The molecule has 0 saturated heterocycles. The molecule has 1 amide bonds. The van der Waals surface area contributed by atoms with Crippen molar-refractivity contribution in [2.45, 2.75) is 13.2 Å². The molecule has 4 nitrogen and oxygen atoms in total. The van der Waals surface area contributed by atoms with Gasteiger partial charge in [0.25, 0.3) is 0 Å². The Morgan fingerprint density at radius 1 is 1.19 bits per heavy atom. The van der Waals surface area contributed by atoms with E-state index in [1.54, 1.807) is 25.3 Å². The van der Waals surface area contributed by atoms with Crippen LogP contribution in [0.3, 0.4) is 0 Å². The highest BCUT2D eigenvalue weighted by atomic mass is 35.5. The molecule has 3 N–H and O–H groups in total. The van der Waals surface area contributed by atoms with Crippen LogP contribution >= 0.6 is 11.6 Å². The van der Waals surface area contributed by atoms with Crippen molar-refractivity contribution in [3.8, 4) is 0 Å². The van der Waals surface area contributed by atoms with Crippen molar-refractivity contribution in [3.63, 3.8) is 0 Å². The fourth-order valence-electron chi connectivity index (χ4n) is 1.93. The van der Waals surface area contributed by atoms with Gasteiger partial charge in [-0.15, -0.1) is 0 Å². The van der Waals surface area contributed by atoms with Gasteiger partial charge in [0.15, 0.2) is 0 Å². The molecule has 110 valence electrons. The predicted molar refractivity (Wildman–Crippen MR) is 84.5 cm³/mol. The molecule has 0 unspecified atom stereocenters. The molecular weight excluding hydrogens is 288 g/mol. The number of nitrogens with one attached hydrogen (secondary N) is 1. The third-order valence-corrected chi connectivity index (χ3v) is 3.40. The van der Waals surface area contributed by atoms with Crippen LogP contribution in [0.4, 0.5) is 5.69 Å². The van der Waals surface area contributed by atoms with Gasteiger partial charge in [-0.2, -0.15) is 0 Å². The lowest BCUT2D eigenvalue weighted by Gasteiger charge is -2.10. The molecule has 0 aliphatic heterocycles.